The Morgan fingerprint density at radius 3 is 2.83 bits per heavy atom. The number of aromatic hydroxyl groups is 1. The van der Waals surface area contributed by atoms with Gasteiger partial charge in [-0.15, -0.1) is 11.3 Å². The van der Waals surface area contributed by atoms with E-state index in [1.54, 1.807) is 12.2 Å². The van der Waals surface area contributed by atoms with Gasteiger partial charge in [-0.3, -0.25) is 14.9 Å². The number of phenolic OH excluding ortho intramolecular Hbond substituents is 1. The Balaban J connectivity index is 2.32. The summed E-state index contributed by atoms with van der Waals surface area (Å²) in [5.74, 6) is -0.751. The predicted molar refractivity (Wildman–Crippen MR) is 85.7 cm³/mol. The van der Waals surface area contributed by atoms with Crippen LogP contribution in [0.1, 0.15) is 20.2 Å². The molecule has 0 aliphatic carbocycles. The maximum Gasteiger partial charge on any atom is 0.315 e. The van der Waals surface area contributed by atoms with Gasteiger partial charge < -0.3 is 15.2 Å². The third-order valence-corrected chi connectivity index (χ3v) is 3.85. The van der Waals surface area contributed by atoms with Crippen LogP contribution in [-0.4, -0.2) is 35.1 Å². The number of carbonyl (C=O) groups is 1. The minimum Gasteiger partial charge on any atom is -0.500 e. The van der Waals surface area contributed by atoms with Gasteiger partial charge in [-0.05, 0) is 17.7 Å². The number of aromatic nitrogens is 1. The number of benzene rings is 1. The standard InChI is InChI=1S/C14H13N3O5S/c1-15-14(19)11-7-16-12(23-11)4-3-8-5-9(17(20)21)13(18)10(6-8)22-2/h3-7,18H,1-2H3,(H,15,19)/b4-3+. The molecule has 0 radical (unpaired) electrons. The number of nitro groups is 1. The second-order valence-corrected chi connectivity index (χ2v) is 5.39. The number of amides is 1. The highest BCUT2D eigenvalue weighted by Gasteiger charge is 2.19. The third-order valence-electron chi connectivity index (χ3n) is 2.89. The second kappa shape index (κ2) is 6.88. The summed E-state index contributed by atoms with van der Waals surface area (Å²) < 4.78 is 4.92. The summed E-state index contributed by atoms with van der Waals surface area (Å²) in [5, 5.41) is 23.7. The Labute approximate surface area is 135 Å². The van der Waals surface area contributed by atoms with Crippen LogP contribution >= 0.6 is 11.3 Å². The van der Waals surface area contributed by atoms with E-state index in [1.165, 1.54) is 43.8 Å². The van der Waals surface area contributed by atoms with Gasteiger partial charge >= 0.3 is 5.69 Å². The smallest absolute Gasteiger partial charge is 0.315 e. The van der Waals surface area contributed by atoms with E-state index >= 15 is 0 Å². The predicted octanol–water partition coefficient (Wildman–Crippen LogP) is 2.30. The molecule has 0 spiro atoms. The number of carbonyl (C=O) groups excluding carboxylic acids is 1. The summed E-state index contributed by atoms with van der Waals surface area (Å²) in [4.78, 5) is 26.2. The van der Waals surface area contributed by atoms with E-state index in [-0.39, 0.29) is 11.7 Å². The lowest BCUT2D eigenvalue weighted by Crippen LogP contribution is -2.16. The molecule has 0 fully saturated rings. The first kappa shape index (κ1) is 16.4. The maximum absolute atomic E-state index is 11.5. The molecule has 0 atom stereocenters. The lowest BCUT2D eigenvalue weighted by atomic mass is 10.1. The van der Waals surface area contributed by atoms with Crippen LogP contribution in [0.2, 0.25) is 0 Å². The minimum atomic E-state index is -0.692. The summed E-state index contributed by atoms with van der Waals surface area (Å²) in [6, 6.07) is 2.69. The van der Waals surface area contributed by atoms with Crippen molar-refractivity contribution in [3.63, 3.8) is 0 Å². The van der Waals surface area contributed by atoms with Crippen LogP contribution in [0.15, 0.2) is 18.3 Å². The summed E-state index contributed by atoms with van der Waals surface area (Å²) in [6.45, 7) is 0. The zero-order valence-electron chi connectivity index (χ0n) is 12.3. The van der Waals surface area contributed by atoms with Crippen LogP contribution in [0.4, 0.5) is 5.69 Å². The largest absolute Gasteiger partial charge is 0.500 e. The van der Waals surface area contributed by atoms with Gasteiger partial charge in [-0.1, -0.05) is 6.08 Å². The lowest BCUT2D eigenvalue weighted by Gasteiger charge is -2.05. The number of phenols is 1. The quantitative estimate of drug-likeness (QED) is 0.640. The minimum absolute atomic E-state index is 0.00374. The molecule has 23 heavy (non-hydrogen) atoms. The molecule has 2 aromatic rings. The average molecular weight is 335 g/mol. The SMILES string of the molecule is CNC(=O)c1cnc(/C=C/c2cc(OC)c(O)c([N+](=O)[O-])c2)s1. The van der Waals surface area contributed by atoms with Crippen LogP contribution in [0.5, 0.6) is 11.5 Å². The molecule has 8 nitrogen and oxygen atoms in total. The molecular weight excluding hydrogens is 322 g/mol. The molecule has 0 bridgehead atoms. The molecular formula is C14H13N3O5S. The number of hydrogen-bond donors (Lipinski definition) is 2. The zero-order valence-corrected chi connectivity index (χ0v) is 13.1. The molecule has 2 rings (SSSR count). The molecule has 0 saturated carbocycles. The van der Waals surface area contributed by atoms with E-state index < -0.39 is 16.4 Å². The molecule has 0 unspecified atom stereocenters. The van der Waals surface area contributed by atoms with Crippen molar-refractivity contribution in [2.24, 2.45) is 0 Å². The molecule has 0 aliphatic heterocycles. The molecule has 2 N–H and O–H groups in total. The lowest BCUT2D eigenvalue weighted by molar-refractivity contribution is -0.386. The topological polar surface area (TPSA) is 115 Å². The van der Waals surface area contributed by atoms with Crippen LogP contribution in [0, 0.1) is 10.1 Å². The molecule has 0 saturated heterocycles. The van der Waals surface area contributed by atoms with Gasteiger partial charge in [-0.2, -0.15) is 0 Å². The monoisotopic (exact) mass is 335 g/mol. The van der Waals surface area contributed by atoms with Gasteiger partial charge in [0, 0.05) is 13.1 Å². The van der Waals surface area contributed by atoms with Crippen molar-refractivity contribution in [1.29, 1.82) is 0 Å². The molecule has 120 valence electrons. The van der Waals surface area contributed by atoms with Crippen molar-refractivity contribution in [2.45, 2.75) is 0 Å². The Morgan fingerprint density at radius 2 is 2.22 bits per heavy atom. The van der Waals surface area contributed by atoms with Crippen LogP contribution < -0.4 is 10.1 Å². The first-order valence-corrected chi connectivity index (χ1v) is 7.19. The van der Waals surface area contributed by atoms with Crippen molar-refractivity contribution in [2.75, 3.05) is 14.2 Å². The molecule has 0 aliphatic rings. The molecule has 9 heteroatoms. The Bertz CT molecular complexity index is 785. The van der Waals surface area contributed by atoms with Crippen molar-refractivity contribution >= 4 is 35.1 Å². The van der Waals surface area contributed by atoms with Gasteiger partial charge in [0.2, 0.25) is 5.75 Å². The van der Waals surface area contributed by atoms with Gasteiger partial charge in [0.15, 0.2) is 5.75 Å². The van der Waals surface area contributed by atoms with E-state index in [9.17, 15) is 20.0 Å². The second-order valence-electron chi connectivity index (χ2n) is 4.32. The number of nitrogens with zero attached hydrogens (tertiary/aromatic N) is 2. The van der Waals surface area contributed by atoms with Gasteiger partial charge in [-0.25, -0.2) is 4.98 Å². The van der Waals surface area contributed by atoms with E-state index in [2.05, 4.69) is 10.3 Å². The van der Waals surface area contributed by atoms with E-state index in [1.807, 2.05) is 0 Å². The van der Waals surface area contributed by atoms with Crippen LogP contribution in [-0.2, 0) is 0 Å². The normalized spacial score (nSPS) is 10.7. The summed E-state index contributed by atoms with van der Waals surface area (Å²) in [7, 11) is 2.84. The summed E-state index contributed by atoms with van der Waals surface area (Å²) in [5.41, 5.74) is 0.0113. The molecule has 1 aromatic carbocycles. The number of rotatable bonds is 5. The third kappa shape index (κ3) is 3.64. The summed E-state index contributed by atoms with van der Waals surface area (Å²) in [6.07, 6.45) is 4.65. The number of hydrogen-bond acceptors (Lipinski definition) is 7. The fraction of sp³-hybridized carbons (Fsp3) is 0.143. The van der Waals surface area contributed by atoms with E-state index in [0.29, 0.717) is 15.4 Å². The highest BCUT2D eigenvalue weighted by atomic mass is 32.1. The fourth-order valence-electron chi connectivity index (χ4n) is 1.77. The van der Waals surface area contributed by atoms with Crippen molar-refractivity contribution in [3.8, 4) is 11.5 Å². The van der Waals surface area contributed by atoms with E-state index in [4.69, 9.17) is 4.74 Å². The first-order valence-electron chi connectivity index (χ1n) is 6.37. The number of ether oxygens (including phenoxy) is 1. The number of nitro benzene ring substituents is 1. The molecule has 1 aromatic heterocycles. The van der Waals surface area contributed by atoms with Gasteiger partial charge in [0.05, 0.1) is 18.2 Å². The number of nitrogens with one attached hydrogen (secondary N) is 1. The first-order chi connectivity index (χ1) is 11.0. The van der Waals surface area contributed by atoms with Gasteiger partial charge in [0.25, 0.3) is 5.91 Å². The molecule has 1 heterocycles. The van der Waals surface area contributed by atoms with Crippen molar-refractivity contribution in [1.82, 2.24) is 10.3 Å². The van der Waals surface area contributed by atoms with Crippen LogP contribution in [0.3, 0.4) is 0 Å². The summed E-state index contributed by atoms with van der Waals surface area (Å²) >= 11 is 1.18. The van der Waals surface area contributed by atoms with Gasteiger partial charge in [0.1, 0.15) is 9.88 Å². The zero-order chi connectivity index (χ0) is 17.0. The number of methoxy groups -OCH3 is 1. The highest BCUT2D eigenvalue weighted by Crippen LogP contribution is 2.37. The maximum atomic E-state index is 11.5. The fourth-order valence-corrected chi connectivity index (χ4v) is 2.53. The Hall–Kier alpha value is -2.94. The Morgan fingerprint density at radius 1 is 1.48 bits per heavy atom. The van der Waals surface area contributed by atoms with Crippen molar-refractivity contribution < 1.29 is 19.6 Å². The average Bonchev–Trinajstić information content (AvgIpc) is 3.01. The van der Waals surface area contributed by atoms with Crippen molar-refractivity contribution in [3.05, 3.63) is 43.9 Å². The van der Waals surface area contributed by atoms with Crippen LogP contribution in [0.25, 0.3) is 12.2 Å². The van der Waals surface area contributed by atoms with E-state index in [0.717, 1.165) is 0 Å². The molecule has 1 amide bonds. The highest BCUT2D eigenvalue weighted by molar-refractivity contribution is 7.14. The Kier molecular flexibility index (Phi) is 4.91. The number of thiazole rings is 1.